The fourth-order valence-corrected chi connectivity index (χ4v) is 1.57. The van der Waals surface area contributed by atoms with Crippen LogP contribution in [0.5, 0.6) is 0 Å². The van der Waals surface area contributed by atoms with Crippen LogP contribution in [0.25, 0.3) is 6.08 Å². The van der Waals surface area contributed by atoms with E-state index in [2.05, 4.69) is 6.92 Å². The maximum atomic E-state index is 11.8. The number of esters is 1. The monoisotopic (exact) mass is 232 g/mol. The highest BCUT2D eigenvalue weighted by Gasteiger charge is 2.09. The summed E-state index contributed by atoms with van der Waals surface area (Å²) in [6, 6.07) is 9.88. The maximum absolute atomic E-state index is 11.8. The Bertz CT molecular complexity index is 366. The summed E-state index contributed by atoms with van der Waals surface area (Å²) in [6.45, 7) is 4.38. The summed E-state index contributed by atoms with van der Waals surface area (Å²) in [5.41, 5.74) is 1.81. The van der Waals surface area contributed by atoms with Gasteiger partial charge in [-0.15, -0.1) is 0 Å². The summed E-state index contributed by atoms with van der Waals surface area (Å²) < 4.78 is 5.07. The lowest BCUT2D eigenvalue weighted by Gasteiger charge is -2.06. The van der Waals surface area contributed by atoms with Gasteiger partial charge in [0.25, 0.3) is 0 Å². The summed E-state index contributed by atoms with van der Waals surface area (Å²) in [6.07, 6.45) is 4.79. The van der Waals surface area contributed by atoms with Gasteiger partial charge in [0.2, 0.25) is 0 Å². The molecule has 0 spiro atoms. The van der Waals surface area contributed by atoms with Crippen LogP contribution in [0.3, 0.4) is 0 Å². The molecule has 0 heterocycles. The van der Waals surface area contributed by atoms with E-state index in [0.29, 0.717) is 6.61 Å². The number of benzene rings is 1. The zero-order valence-electron chi connectivity index (χ0n) is 10.6. The van der Waals surface area contributed by atoms with Gasteiger partial charge in [-0.25, -0.2) is 4.79 Å². The van der Waals surface area contributed by atoms with Crippen LogP contribution >= 0.6 is 0 Å². The second-order valence-electron chi connectivity index (χ2n) is 3.90. The van der Waals surface area contributed by atoms with Gasteiger partial charge in [-0.05, 0) is 31.4 Å². The van der Waals surface area contributed by atoms with E-state index in [1.54, 1.807) is 0 Å². The molecule has 0 bridgehead atoms. The average Bonchev–Trinajstić information content (AvgIpc) is 2.36. The Labute approximate surface area is 103 Å². The van der Waals surface area contributed by atoms with Crippen molar-refractivity contribution >= 4 is 12.0 Å². The van der Waals surface area contributed by atoms with E-state index in [-0.39, 0.29) is 5.97 Å². The molecular formula is C15H20O2. The zero-order valence-corrected chi connectivity index (χ0v) is 10.6. The quantitative estimate of drug-likeness (QED) is 0.550. The van der Waals surface area contributed by atoms with Crippen LogP contribution in [-0.4, -0.2) is 12.6 Å². The SMILES string of the molecule is CCCCC(=Cc1ccccc1)C(=O)OCC. The molecule has 0 unspecified atom stereocenters. The number of carbonyl (C=O) groups is 1. The number of hydrogen-bond donors (Lipinski definition) is 0. The minimum atomic E-state index is -0.190. The van der Waals surface area contributed by atoms with Gasteiger partial charge in [-0.1, -0.05) is 43.7 Å². The highest BCUT2D eigenvalue weighted by molar-refractivity contribution is 5.93. The number of hydrogen-bond acceptors (Lipinski definition) is 2. The highest BCUT2D eigenvalue weighted by Crippen LogP contribution is 2.14. The molecule has 0 saturated carbocycles. The summed E-state index contributed by atoms with van der Waals surface area (Å²) in [4.78, 5) is 11.8. The van der Waals surface area contributed by atoms with E-state index < -0.39 is 0 Å². The first-order valence-corrected chi connectivity index (χ1v) is 6.20. The summed E-state index contributed by atoms with van der Waals surface area (Å²) in [5.74, 6) is -0.190. The Morgan fingerprint density at radius 2 is 1.94 bits per heavy atom. The molecule has 2 nitrogen and oxygen atoms in total. The van der Waals surface area contributed by atoms with Crippen LogP contribution < -0.4 is 0 Å². The minimum absolute atomic E-state index is 0.190. The van der Waals surface area contributed by atoms with Crippen molar-refractivity contribution < 1.29 is 9.53 Å². The van der Waals surface area contributed by atoms with Crippen LogP contribution in [0.15, 0.2) is 35.9 Å². The van der Waals surface area contributed by atoms with Crippen molar-refractivity contribution in [2.24, 2.45) is 0 Å². The Morgan fingerprint density at radius 1 is 1.24 bits per heavy atom. The number of unbranched alkanes of at least 4 members (excludes halogenated alkanes) is 1. The van der Waals surface area contributed by atoms with Crippen molar-refractivity contribution in [3.05, 3.63) is 41.5 Å². The molecule has 92 valence electrons. The highest BCUT2D eigenvalue weighted by atomic mass is 16.5. The smallest absolute Gasteiger partial charge is 0.334 e. The molecular weight excluding hydrogens is 212 g/mol. The van der Waals surface area contributed by atoms with Gasteiger partial charge in [0.1, 0.15) is 0 Å². The first kappa shape index (κ1) is 13.5. The van der Waals surface area contributed by atoms with Crippen LogP contribution in [0.4, 0.5) is 0 Å². The fourth-order valence-electron chi connectivity index (χ4n) is 1.57. The zero-order chi connectivity index (χ0) is 12.5. The maximum Gasteiger partial charge on any atom is 0.334 e. The van der Waals surface area contributed by atoms with Gasteiger partial charge >= 0.3 is 5.97 Å². The Morgan fingerprint density at radius 3 is 2.53 bits per heavy atom. The second kappa shape index (κ2) is 7.66. The van der Waals surface area contributed by atoms with Crippen molar-refractivity contribution in [2.75, 3.05) is 6.61 Å². The van der Waals surface area contributed by atoms with Gasteiger partial charge in [-0.3, -0.25) is 0 Å². The van der Waals surface area contributed by atoms with Gasteiger partial charge in [0, 0.05) is 5.57 Å². The van der Waals surface area contributed by atoms with Crippen molar-refractivity contribution in [2.45, 2.75) is 33.1 Å². The number of rotatable bonds is 6. The van der Waals surface area contributed by atoms with Gasteiger partial charge < -0.3 is 4.74 Å². The van der Waals surface area contributed by atoms with Crippen LogP contribution in [0.1, 0.15) is 38.7 Å². The molecule has 0 fully saturated rings. The third kappa shape index (κ3) is 4.85. The number of ether oxygens (including phenoxy) is 1. The third-order valence-corrected chi connectivity index (χ3v) is 2.48. The van der Waals surface area contributed by atoms with Crippen molar-refractivity contribution in [1.82, 2.24) is 0 Å². The van der Waals surface area contributed by atoms with E-state index in [1.807, 2.05) is 43.3 Å². The largest absolute Gasteiger partial charge is 0.463 e. The predicted octanol–water partition coefficient (Wildman–Crippen LogP) is 3.82. The minimum Gasteiger partial charge on any atom is -0.463 e. The van der Waals surface area contributed by atoms with E-state index in [0.717, 1.165) is 30.4 Å². The van der Waals surface area contributed by atoms with Crippen molar-refractivity contribution in [3.63, 3.8) is 0 Å². The van der Waals surface area contributed by atoms with Crippen LogP contribution in [0.2, 0.25) is 0 Å². The second-order valence-corrected chi connectivity index (χ2v) is 3.90. The van der Waals surface area contributed by atoms with Crippen LogP contribution in [0, 0.1) is 0 Å². The van der Waals surface area contributed by atoms with E-state index in [1.165, 1.54) is 0 Å². The molecule has 1 aromatic carbocycles. The fraction of sp³-hybridized carbons (Fsp3) is 0.400. The third-order valence-electron chi connectivity index (χ3n) is 2.48. The molecule has 0 aliphatic rings. The lowest BCUT2D eigenvalue weighted by atomic mass is 10.1. The molecule has 17 heavy (non-hydrogen) atoms. The van der Waals surface area contributed by atoms with Gasteiger partial charge in [0.05, 0.1) is 6.61 Å². The molecule has 1 rings (SSSR count). The Kier molecular flexibility index (Phi) is 6.08. The molecule has 1 aromatic rings. The first-order chi connectivity index (χ1) is 8.27. The van der Waals surface area contributed by atoms with Crippen molar-refractivity contribution in [1.29, 1.82) is 0 Å². The normalized spacial score (nSPS) is 11.3. The Hall–Kier alpha value is -1.57. The average molecular weight is 232 g/mol. The van der Waals surface area contributed by atoms with Gasteiger partial charge in [-0.2, -0.15) is 0 Å². The van der Waals surface area contributed by atoms with E-state index in [4.69, 9.17) is 4.74 Å². The standard InChI is InChI=1S/C15H20O2/c1-3-5-11-14(15(16)17-4-2)12-13-9-7-6-8-10-13/h6-10,12H,3-5,11H2,1-2H3. The molecule has 0 amide bonds. The summed E-state index contributed by atoms with van der Waals surface area (Å²) in [7, 11) is 0. The lowest BCUT2D eigenvalue weighted by molar-refractivity contribution is -0.138. The van der Waals surface area contributed by atoms with E-state index >= 15 is 0 Å². The molecule has 0 N–H and O–H groups in total. The predicted molar refractivity (Wildman–Crippen MR) is 70.6 cm³/mol. The molecule has 2 heteroatoms. The molecule has 0 radical (unpaired) electrons. The summed E-state index contributed by atoms with van der Waals surface area (Å²) in [5, 5.41) is 0. The molecule has 0 aliphatic carbocycles. The summed E-state index contributed by atoms with van der Waals surface area (Å²) >= 11 is 0. The molecule has 0 aliphatic heterocycles. The molecule has 0 saturated heterocycles. The van der Waals surface area contributed by atoms with Crippen molar-refractivity contribution in [3.8, 4) is 0 Å². The van der Waals surface area contributed by atoms with E-state index in [9.17, 15) is 4.79 Å². The molecule has 0 aromatic heterocycles. The lowest BCUT2D eigenvalue weighted by Crippen LogP contribution is -2.07. The molecule has 0 atom stereocenters. The topological polar surface area (TPSA) is 26.3 Å². The number of carbonyl (C=O) groups excluding carboxylic acids is 1. The van der Waals surface area contributed by atoms with Crippen LogP contribution in [-0.2, 0) is 9.53 Å². The Balaban J connectivity index is 2.81. The first-order valence-electron chi connectivity index (χ1n) is 6.20. The van der Waals surface area contributed by atoms with Gasteiger partial charge in [0.15, 0.2) is 0 Å².